The van der Waals surface area contributed by atoms with Crippen LogP contribution in [-0.2, 0) is 16.2 Å². The molecule has 30 heavy (non-hydrogen) atoms. The number of aromatic nitrogens is 1. The molecule has 0 saturated carbocycles. The summed E-state index contributed by atoms with van der Waals surface area (Å²) in [7, 11) is 0. The van der Waals surface area contributed by atoms with Crippen molar-refractivity contribution < 1.29 is 24.0 Å². The van der Waals surface area contributed by atoms with Crippen LogP contribution in [0.5, 0.6) is 5.75 Å². The maximum absolute atomic E-state index is 11.7. The minimum absolute atomic E-state index is 0.310. The van der Waals surface area contributed by atoms with E-state index in [1.54, 1.807) is 30.3 Å². The highest BCUT2D eigenvalue weighted by Crippen LogP contribution is 2.26. The third-order valence-electron chi connectivity index (χ3n) is 4.45. The molecule has 1 amide bonds. The molecular formula is C23H22N2O5. The predicted molar refractivity (Wildman–Crippen MR) is 112 cm³/mol. The van der Waals surface area contributed by atoms with Gasteiger partial charge in [-0.2, -0.15) is 0 Å². The fraction of sp³-hybridized carbons (Fsp3) is 0.174. The number of carboxylic acids is 1. The number of nitrogens with one attached hydrogen (secondary N) is 1. The average molecular weight is 406 g/mol. The minimum Gasteiger partial charge on any atom is -0.489 e. The van der Waals surface area contributed by atoms with E-state index in [-0.39, 0.29) is 0 Å². The highest BCUT2D eigenvalue weighted by Gasteiger charge is 2.15. The molecule has 0 aliphatic heterocycles. The molecule has 0 fully saturated rings. The Labute approximate surface area is 174 Å². The molecule has 0 spiro atoms. The van der Waals surface area contributed by atoms with Gasteiger partial charge in [-0.05, 0) is 37.6 Å². The van der Waals surface area contributed by atoms with Crippen LogP contribution >= 0.6 is 0 Å². The van der Waals surface area contributed by atoms with Gasteiger partial charge >= 0.3 is 5.97 Å². The molecule has 154 valence electrons. The Balaban J connectivity index is 1.61. The predicted octanol–water partition coefficient (Wildman–Crippen LogP) is 3.83. The van der Waals surface area contributed by atoms with Crippen LogP contribution in [0.1, 0.15) is 23.8 Å². The lowest BCUT2D eigenvalue weighted by molar-refractivity contribution is -0.140. The molecule has 2 N–H and O–H groups in total. The fourth-order valence-corrected chi connectivity index (χ4v) is 2.71. The van der Waals surface area contributed by atoms with Crippen molar-refractivity contribution in [2.24, 2.45) is 0 Å². The summed E-state index contributed by atoms with van der Waals surface area (Å²) < 4.78 is 11.2. The van der Waals surface area contributed by atoms with E-state index in [0.29, 0.717) is 18.1 Å². The molecule has 0 aliphatic rings. The Morgan fingerprint density at radius 2 is 1.87 bits per heavy atom. The Bertz CT molecular complexity index is 1040. The van der Waals surface area contributed by atoms with Gasteiger partial charge in [-0.15, -0.1) is 0 Å². The van der Waals surface area contributed by atoms with Crippen molar-refractivity contribution in [3.05, 3.63) is 77.6 Å². The highest BCUT2D eigenvalue weighted by atomic mass is 16.5. The number of rotatable bonds is 8. The first-order valence-electron chi connectivity index (χ1n) is 9.39. The molecule has 3 rings (SSSR count). The van der Waals surface area contributed by atoms with Gasteiger partial charge in [0.1, 0.15) is 29.9 Å². The van der Waals surface area contributed by atoms with E-state index in [1.807, 2.05) is 37.3 Å². The minimum atomic E-state index is -1.09. The first kappa shape index (κ1) is 20.9. The van der Waals surface area contributed by atoms with Crippen molar-refractivity contribution in [3.8, 4) is 17.0 Å². The first-order valence-corrected chi connectivity index (χ1v) is 9.39. The number of aryl methyl sites for hydroxylation is 1. The summed E-state index contributed by atoms with van der Waals surface area (Å²) in [6, 6.07) is 16.0. The highest BCUT2D eigenvalue weighted by molar-refractivity contribution is 5.94. The summed E-state index contributed by atoms with van der Waals surface area (Å²) in [5.74, 6) is -0.191. The van der Waals surface area contributed by atoms with Gasteiger partial charge < -0.3 is 19.7 Å². The van der Waals surface area contributed by atoms with Gasteiger partial charge in [0.15, 0.2) is 0 Å². The number of hydrogen-bond acceptors (Lipinski definition) is 5. The molecule has 3 aromatic rings. The molecule has 0 unspecified atom stereocenters. The third-order valence-corrected chi connectivity index (χ3v) is 4.45. The normalized spacial score (nSPS) is 11.9. The van der Waals surface area contributed by atoms with Gasteiger partial charge in [0.2, 0.25) is 5.91 Å². The summed E-state index contributed by atoms with van der Waals surface area (Å²) in [4.78, 5) is 22.5. The van der Waals surface area contributed by atoms with Crippen molar-refractivity contribution in [2.75, 3.05) is 0 Å². The zero-order valence-corrected chi connectivity index (χ0v) is 16.7. The lowest BCUT2D eigenvalue weighted by Crippen LogP contribution is -2.37. The van der Waals surface area contributed by atoms with Crippen molar-refractivity contribution in [1.82, 2.24) is 10.5 Å². The quantitative estimate of drug-likeness (QED) is 0.551. The van der Waals surface area contributed by atoms with Crippen LogP contribution in [0.4, 0.5) is 0 Å². The summed E-state index contributed by atoms with van der Waals surface area (Å²) in [6.07, 6.45) is 2.90. The van der Waals surface area contributed by atoms with Crippen LogP contribution in [0.25, 0.3) is 17.3 Å². The lowest BCUT2D eigenvalue weighted by atomic mass is 10.1. The van der Waals surface area contributed by atoms with E-state index in [1.165, 1.54) is 13.0 Å². The smallest absolute Gasteiger partial charge is 0.325 e. The number of amides is 1. The van der Waals surface area contributed by atoms with E-state index >= 15 is 0 Å². The van der Waals surface area contributed by atoms with E-state index < -0.39 is 17.9 Å². The second kappa shape index (κ2) is 9.56. The van der Waals surface area contributed by atoms with Crippen LogP contribution < -0.4 is 10.1 Å². The lowest BCUT2D eigenvalue weighted by Gasteiger charge is -2.07. The van der Waals surface area contributed by atoms with Crippen molar-refractivity contribution >= 4 is 18.0 Å². The monoisotopic (exact) mass is 406 g/mol. The second-order valence-electron chi connectivity index (χ2n) is 6.69. The van der Waals surface area contributed by atoms with Crippen LogP contribution in [0.15, 0.2) is 65.2 Å². The van der Waals surface area contributed by atoms with Crippen LogP contribution in [-0.4, -0.2) is 28.2 Å². The van der Waals surface area contributed by atoms with Crippen molar-refractivity contribution in [1.29, 1.82) is 0 Å². The van der Waals surface area contributed by atoms with E-state index in [0.717, 1.165) is 22.4 Å². The molecule has 0 saturated heterocycles. The van der Waals surface area contributed by atoms with Gasteiger partial charge in [-0.1, -0.05) is 47.6 Å². The summed E-state index contributed by atoms with van der Waals surface area (Å²) >= 11 is 0. The molecule has 0 radical (unpaired) electrons. The van der Waals surface area contributed by atoms with Gasteiger partial charge in [-0.3, -0.25) is 9.59 Å². The van der Waals surface area contributed by atoms with Gasteiger partial charge in [-0.25, -0.2) is 0 Å². The number of aliphatic carboxylic acids is 1. The molecular weight excluding hydrogens is 384 g/mol. The number of nitrogens with zero attached hydrogens (tertiary/aromatic N) is 1. The zero-order valence-electron chi connectivity index (χ0n) is 16.7. The number of carbonyl (C=O) groups is 2. The van der Waals surface area contributed by atoms with Gasteiger partial charge in [0.05, 0.1) is 5.56 Å². The maximum Gasteiger partial charge on any atom is 0.325 e. The third kappa shape index (κ3) is 5.35. The SMILES string of the molecule is Cc1onc(-c2ccccc2)c1COc1ccc(/C=C/C(=O)N[C@H](C)C(=O)O)cc1. The number of carbonyl (C=O) groups excluding carboxylic acids is 1. The van der Waals surface area contributed by atoms with Crippen LogP contribution in [0.2, 0.25) is 0 Å². The molecule has 0 aliphatic carbocycles. The molecule has 7 heteroatoms. The number of benzene rings is 2. The average Bonchev–Trinajstić information content (AvgIpc) is 3.12. The summed E-state index contributed by atoms with van der Waals surface area (Å²) in [6.45, 7) is 3.56. The van der Waals surface area contributed by atoms with E-state index in [4.69, 9.17) is 14.4 Å². The van der Waals surface area contributed by atoms with Crippen molar-refractivity contribution in [2.45, 2.75) is 26.5 Å². The summed E-state index contributed by atoms with van der Waals surface area (Å²) in [5.41, 5.74) is 3.39. The second-order valence-corrected chi connectivity index (χ2v) is 6.69. The molecule has 1 atom stereocenters. The Morgan fingerprint density at radius 3 is 2.53 bits per heavy atom. The van der Waals surface area contributed by atoms with E-state index in [2.05, 4.69) is 10.5 Å². The summed E-state index contributed by atoms with van der Waals surface area (Å²) in [5, 5.41) is 15.3. The Kier molecular flexibility index (Phi) is 6.64. The first-order chi connectivity index (χ1) is 14.4. The largest absolute Gasteiger partial charge is 0.489 e. The fourth-order valence-electron chi connectivity index (χ4n) is 2.71. The molecule has 1 heterocycles. The number of carboxylic acid groups (broad SMARTS) is 1. The number of hydrogen-bond donors (Lipinski definition) is 2. The topological polar surface area (TPSA) is 102 Å². The Morgan fingerprint density at radius 1 is 1.17 bits per heavy atom. The molecule has 7 nitrogen and oxygen atoms in total. The molecule has 0 bridgehead atoms. The van der Waals surface area contributed by atoms with Crippen molar-refractivity contribution in [3.63, 3.8) is 0 Å². The van der Waals surface area contributed by atoms with Crippen LogP contribution in [0.3, 0.4) is 0 Å². The van der Waals surface area contributed by atoms with Gasteiger partial charge in [0, 0.05) is 11.6 Å². The van der Waals surface area contributed by atoms with Gasteiger partial charge in [0.25, 0.3) is 0 Å². The molecule has 1 aromatic heterocycles. The zero-order chi connectivity index (χ0) is 21.5. The maximum atomic E-state index is 11.7. The Hall–Kier alpha value is -3.87. The van der Waals surface area contributed by atoms with E-state index in [9.17, 15) is 9.59 Å². The number of ether oxygens (including phenoxy) is 1. The standard InChI is InChI=1S/C23H22N2O5/c1-15(23(27)28)24-21(26)13-10-17-8-11-19(12-9-17)29-14-20-16(2)30-25-22(20)18-6-4-3-5-7-18/h3-13,15H,14H2,1-2H3,(H,24,26)(H,27,28)/b13-10+/t15-/m1/s1. The van der Waals surface area contributed by atoms with Crippen LogP contribution in [0, 0.1) is 6.92 Å². The molecule has 2 aromatic carbocycles.